The number of hydrogen-bond acceptors (Lipinski definition) is 2. The summed E-state index contributed by atoms with van der Waals surface area (Å²) in [6, 6.07) is 3.80. The summed E-state index contributed by atoms with van der Waals surface area (Å²) >= 11 is 9.02. The molecule has 4 heteroatoms. The molecule has 0 aromatic heterocycles. The number of benzene rings is 1. The van der Waals surface area contributed by atoms with E-state index < -0.39 is 33.0 Å². The van der Waals surface area contributed by atoms with Gasteiger partial charge in [0.05, 0.1) is 5.48 Å². The Hall–Kier alpha value is -0.250. The van der Waals surface area contributed by atoms with E-state index >= 15 is 0 Å². The zero-order chi connectivity index (χ0) is 20.5. The van der Waals surface area contributed by atoms with E-state index in [2.05, 4.69) is 15.9 Å². The highest BCUT2D eigenvalue weighted by Crippen LogP contribution is 2.26. The number of halogens is 2. The van der Waals surface area contributed by atoms with E-state index in [-0.39, 0.29) is 20.5 Å². The van der Waals surface area contributed by atoms with Gasteiger partial charge in [-0.2, -0.15) is 0 Å². The van der Waals surface area contributed by atoms with Crippen LogP contribution in [0.25, 0.3) is 0 Å². The van der Waals surface area contributed by atoms with E-state index in [1.165, 1.54) is 12.1 Å². The summed E-state index contributed by atoms with van der Waals surface area (Å²) in [5.41, 5.74) is -0.252. The zero-order valence-electron chi connectivity index (χ0n) is 18.4. The number of hydrogen-bond donors (Lipinski definition) is 0. The molecule has 15 heavy (non-hydrogen) atoms. The van der Waals surface area contributed by atoms with Crippen LogP contribution in [0.4, 0.5) is 5.69 Å². The lowest BCUT2D eigenvalue weighted by Gasteiger charge is -2.34. The van der Waals surface area contributed by atoms with E-state index in [0.29, 0.717) is 4.47 Å². The number of piperazine rings is 1. The van der Waals surface area contributed by atoms with Crippen molar-refractivity contribution in [2.24, 2.45) is 0 Å². The van der Waals surface area contributed by atoms with Crippen molar-refractivity contribution in [2.75, 3.05) is 37.9 Å². The first-order valence-electron chi connectivity index (χ1n) is 9.45. The Morgan fingerprint density at radius 3 is 2.67 bits per heavy atom. The Kier molecular flexibility index (Phi) is 1.23. The van der Waals surface area contributed by atoms with Gasteiger partial charge in [-0.15, -0.1) is 0 Å². The van der Waals surface area contributed by atoms with Crippen molar-refractivity contribution in [3.8, 4) is 0 Å². The van der Waals surface area contributed by atoms with Crippen molar-refractivity contribution in [1.82, 2.24) is 4.90 Å². The van der Waals surface area contributed by atoms with Crippen LogP contribution < -0.4 is 4.90 Å². The van der Waals surface area contributed by atoms with Crippen LogP contribution in [-0.4, -0.2) is 37.9 Å². The minimum atomic E-state index is -3.44. The maximum atomic E-state index is 8.17. The van der Waals surface area contributed by atoms with Gasteiger partial charge >= 0.3 is 0 Å². The van der Waals surface area contributed by atoms with Crippen LogP contribution >= 0.6 is 27.5 Å². The summed E-state index contributed by atoms with van der Waals surface area (Å²) in [4.78, 5) is -0.123. The third-order valence-corrected chi connectivity index (χ3v) is 2.33. The average molecular weight is 301 g/mol. The summed E-state index contributed by atoms with van der Waals surface area (Å²) in [6.07, 6.45) is 0. The van der Waals surface area contributed by atoms with Gasteiger partial charge < -0.3 is 9.80 Å². The number of likely N-dealkylation sites (N-methyl/N-ethyl adjacent to an activating group) is 1. The number of nitrogens with zero attached hydrogens (tertiary/aromatic N) is 2. The topological polar surface area (TPSA) is 6.48 Å². The monoisotopic (exact) mass is 299 g/mol. The molecule has 0 radical (unpaired) electrons. The third kappa shape index (κ3) is 2.86. The van der Waals surface area contributed by atoms with Crippen LogP contribution in [0.5, 0.6) is 0 Å². The highest BCUT2D eigenvalue weighted by Gasteiger charge is 2.14. The van der Waals surface area contributed by atoms with Gasteiger partial charge in [-0.1, -0.05) is 27.5 Å². The smallest absolute Gasteiger partial charge is 0.0506 e. The van der Waals surface area contributed by atoms with Crippen molar-refractivity contribution in [3.63, 3.8) is 0 Å². The molecule has 0 unspecified atom stereocenters. The molecule has 0 atom stereocenters. The SMILES string of the molecule is [2H]C([2H])([2H])N1C([2H])([2H])C([2H])([2H])N(c2cc(Cl)cc(Br)c2)C([2H])([2H])C1([2H])[2H]. The highest BCUT2D eigenvalue weighted by atomic mass is 79.9. The highest BCUT2D eigenvalue weighted by molar-refractivity contribution is 9.10. The van der Waals surface area contributed by atoms with Crippen molar-refractivity contribution < 1.29 is 15.1 Å². The van der Waals surface area contributed by atoms with Crippen LogP contribution in [0.2, 0.25) is 5.02 Å². The standard InChI is InChI=1S/C11H14BrClN2/c1-14-2-4-15(5-3-14)11-7-9(12)6-10(13)8-11/h6-8H,2-5H2,1H3/i1D3,2D2,3D2,4D2,5D2. The molecule has 1 heterocycles. The molecule has 1 fully saturated rings. The van der Waals surface area contributed by atoms with Crippen LogP contribution in [0.1, 0.15) is 15.1 Å². The lowest BCUT2D eigenvalue weighted by atomic mass is 10.2. The van der Waals surface area contributed by atoms with E-state index in [9.17, 15) is 0 Å². The lowest BCUT2D eigenvalue weighted by Crippen LogP contribution is -2.44. The molecule has 0 bridgehead atoms. The van der Waals surface area contributed by atoms with E-state index in [1.807, 2.05) is 0 Å². The molecule has 2 rings (SSSR count). The van der Waals surface area contributed by atoms with Gasteiger partial charge in [-0.3, -0.25) is 0 Å². The predicted octanol–water partition coefficient (Wildman–Crippen LogP) is 2.85. The van der Waals surface area contributed by atoms with Gasteiger partial charge in [0.15, 0.2) is 0 Å². The zero-order valence-corrected chi connectivity index (χ0v) is 9.72. The van der Waals surface area contributed by atoms with Crippen LogP contribution in [0.15, 0.2) is 22.7 Å². The van der Waals surface area contributed by atoms with Gasteiger partial charge in [0.25, 0.3) is 0 Å². The molecule has 0 saturated carbocycles. The molecule has 1 aromatic rings. The first-order chi connectivity index (χ1) is 11.4. The van der Waals surface area contributed by atoms with E-state index in [0.717, 1.165) is 6.07 Å². The number of rotatable bonds is 1. The Morgan fingerprint density at radius 2 is 2.07 bits per heavy atom. The van der Waals surface area contributed by atoms with Gasteiger partial charge in [-0.25, -0.2) is 0 Å². The molecule has 1 saturated heterocycles. The van der Waals surface area contributed by atoms with Gasteiger partial charge in [0.1, 0.15) is 0 Å². The largest absolute Gasteiger partial charge is 0.369 e. The van der Waals surface area contributed by atoms with Gasteiger partial charge in [-0.05, 0) is 25.2 Å². The lowest BCUT2D eigenvalue weighted by molar-refractivity contribution is 0.313. The summed E-state index contributed by atoms with van der Waals surface area (Å²) < 4.78 is 87.4. The van der Waals surface area contributed by atoms with Gasteiger partial charge in [0, 0.05) is 50.8 Å². The van der Waals surface area contributed by atoms with E-state index in [4.69, 9.17) is 26.7 Å². The second-order valence-electron chi connectivity index (χ2n) is 2.75. The fourth-order valence-electron chi connectivity index (χ4n) is 1.05. The minimum absolute atomic E-state index is 0.0698. The first kappa shape index (κ1) is 3.90. The first-order valence-corrected chi connectivity index (χ1v) is 5.12. The maximum Gasteiger partial charge on any atom is 0.0506 e. The Balaban J connectivity index is 2.83. The molecule has 1 aromatic carbocycles. The molecule has 2 nitrogen and oxygen atoms in total. The van der Waals surface area contributed by atoms with Crippen molar-refractivity contribution in [3.05, 3.63) is 27.7 Å². The predicted molar refractivity (Wildman–Crippen MR) is 68.9 cm³/mol. The Bertz CT molecular complexity index is 672. The van der Waals surface area contributed by atoms with Crippen LogP contribution in [-0.2, 0) is 0 Å². The summed E-state index contributed by atoms with van der Waals surface area (Å²) in [7, 11) is 0. The maximum absolute atomic E-state index is 8.17. The van der Waals surface area contributed by atoms with Gasteiger partial charge in [0.2, 0.25) is 0 Å². The molecule has 0 aliphatic carbocycles. The molecule has 0 spiro atoms. The summed E-state index contributed by atoms with van der Waals surface area (Å²) in [5, 5.41) is 0.0698. The quantitative estimate of drug-likeness (QED) is 0.787. The number of anilines is 1. The molecular formula is C11H14BrClN2. The fraction of sp³-hybridized carbons (Fsp3) is 0.455. The second kappa shape index (κ2) is 4.73. The molecule has 0 N–H and O–H groups in total. The van der Waals surface area contributed by atoms with Crippen LogP contribution in [0.3, 0.4) is 0 Å². The van der Waals surface area contributed by atoms with Crippen LogP contribution in [0, 0.1) is 0 Å². The molecule has 1 aliphatic heterocycles. The van der Waals surface area contributed by atoms with Crippen molar-refractivity contribution in [2.45, 2.75) is 0 Å². The summed E-state index contributed by atoms with van der Waals surface area (Å²) in [6.45, 7) is -16.8. The molecular weight excluding hydrogens is 275 g/mol. The molecule has 82 valence electrons. The normalized spacial score (nSPS) is 43.3. The van der Waals surface area contributed by atoms with Crippen molar-refractivity contribution >= 4 is 33.2 Å². The average Bonchev–Trinajstić information content (AvgIpc) is 2.31. The third-order valence-electron chi connectivity index (χ3n) is 1.65. The minimum Gasteiger partial charge on any atom is -0.369 e. The Morgan fingerprint density at radius 1 is 1.33 bits per heavy atom. The van der Waals surface area contributed by atoms with E-state index in [1.54, 1.807) is 0 Å². The second-order valence-corrected chi connectivity index (χ2v) is 4.10. The Labute approximate surface area is 119 Å². The van der Waals surface area contributed by atoms with Crippen molar-refractivity contribution in [1.29, 1.82) is 0 Å². The molecule has 1 aliphatic rings. The summed E-state index contributed by atoms with van der Waals surface area (Å²) in [5.74, 6) is 0. The molecule has 0 amide bonds. The fourth-order valence-corrected chi connectivity index (χ4v) is 1.90.